The first-order valence-electron chi connectivity index (χ1n) is 15.1. The molecule has 1 heterocycles. The van der Waals surface area contributed by atoms with E-state index in [1.807, 2.05) is 0 Å². The Morgan fingerprint density at radius 2 is 0.946 bits per heavy atom. The quantitative estimate of drug-likeness (QED) is 0.140. The van der Waals surface area contributed by atoms with Crippen LogP contribution >= 0.6 is 7.87 Å². The van der Waals surface area contributed by atoms with Crippen LogP contribution in [0.4, 0.5) is 5.82 Å². The van der Waals surface area contributed by atoms with E-state index in [-0.39, 0.29) is 5.82 Å². The highest BCUT2D eigenvalue weighted by molar-refractivity contribution is 7.70. The van der Waals surface area contributed by atoms with Crippen LogP contribution < -0.4 is 16.3 Å². The molecule has 0 amide bonds. The third-order valence-corrected chi connectivity index (χ3v) is 10.8. The average Bonchev–Trinajstić information content (AvgIpc) is 2.89. The van der Waals surface area contributed by atoms with Crippen molar-refractivity contribution in [2.75, 3.05) is 44.4 Å². The summed E-state index contributed by atoms with van der Waals surface area (Å²) in [5.41, 5.74) is -1.02. The fraction of sp³-hybridized carbons (Fsp3) is 0.889. The molecule has 0 bridgehead atoms. The van der Waals surface area contributed by atoms with E-state index in [1.54, 1.807) is 0 Å². The number of H-pyrrole nitrogens is 2. The molecule has 0 saturated carbocycles. The minimum absolute atomic E-state index is 0.224. The molecule has 10 heteroatoms. The molecule has 0 aromatic carbocycles. The maximum atomic E-state index is 13.0. The predicted octanol–water partition coefficient (Wildman–Crippen LogP) is 6.25. The Balaban J connectivity index is 3.91. The number of unbranched alkanes of at least 4 members (excludes halogenated alkanes) is 6. The molecule has 0 spiro atoms. The van der Waals surface area contributed by atoms with Gasteiger partial charge >= 0.3 is 13.6 Å². The molecule has 0 atom stereocenters. The number of anilines is 1. The summed E-state index contributed by atoms with van der Waals surface area (Å²) in [6, 6.07) is 0. The van der Waals surface area contributed by atoms with Crippen LogP contribution in [0.3, 0.4) is 0 Å². The van der Waals surface area contributed by atoms with Gasteiger partial charge in [-0.15, -0.1) is 19.1 Å². The zero-order valence-corrected chi connectivity index (χ0v) is 25.7. The number of nitrogens with one attached hydrogen (secondary N) is 3. The van der Waals surface area contributed by atoms with E-state index < -0.39 is 19.1 Å². The number of aromatic nitrogens is 3. The topological polar surface area (TPSA) is 100 Å². The van der Waals surface area contributed by atoms with E-state index in [0.29, 0.717) is 0 Å². The van der Waals surface area contributed by atoms with Gasteiger partial charge in [0.05, 0.1) is 0 Å². The number of rotatable bonds is 23. The maximum absolute atomic E-state index is 13.0. The lowest BCUT2D eigenvalue weighted by molar-refractivity contribution is 0.285. The zero-order chi connectivity index (χ0) is 27.5. The molecule has 216 valence electrons. The van der Waals surface area contributed by atoms with Gasteiger partial charge in [-0.1, -0.05) is 80.1 Å². The van der Waals surface area contributed by atoms with Crippen molar-refractivity contribution in [3.63, 3.8) is 0 Å². The van der Waals surface area contributed by atoms with E-state index in [2.05, 4.69) is 75.8 Å². The van der Waals surface area contributed by atoms with Crippen molar-refractivity contribution in [1.82, 2.24) is 29.2 Å². The summed E-state index contributed by atoms with van der Waals surface area (Å²) in [5.74, 6) is 0.224. The number of aromatic amines is 2. The third-order valence-electron chi connectivity index (χ3n) is 6.77. The Bertz CT molecular complexity index is 742. The van der Waals surface area contributed by atoms with Crippen LogP contribution in [0.1, 0.15) is 119 Å². The molecule has 0 aliphatic carbocycles. The van der Waals surface area contributed by atoms with Crippen molar-refractivity contribution in [2.45, 2.75) is 119 Å². The van der Waals surface area contributed by atoms with Gasteiger partial charge in [-0.05, 0) is 38.5 Å². The second kappa shape index (κ2) is 19.7. The SMILES string of the molecule is CCCCN(CCCC)[P+](Nc1n[nH]c(=O)[nH]c1=O)(N(CCCC)CCCC)N(CCCC)CCCC. The lowest BCUT2D eigenvalue weighted by Crippen LogP contribution is -2.51. The van der Waals surface area contributed by atoms with E-state index >= 15 is 0 Å². The lowest BCUT2D eigenvalue weighted by atomic mass is 10.3. The first-order chi connectivity index (χ1) is 17.9. The molecule has 1 aromatic heterocycles. The van der Waals surface area contributed by atoms with Crippen molar-refractivity contribution >= 4 is 13.7 Å². The summed E-state index contributed by atoms with van der Waals surface area (Å²) in [7, 11) is -2.42. The van der Waals surface area contributed by atoms with Crippen LogP contribution in [0.15, 0.2) is 9.59 Å². The summed E-state index contributed by atoms with van der Waals surface area (Å²) in [6.45, 7) is 19.3. The minimum atomic E-state index is -2.42. The Labute approximate surface area is 226 Å². The molecule has 0 radical (unpaired) electrons. The fourth-order valence-corrected chi connectivity index (χ4v) is 8.99. The Morgan fingerprint density at radius 1 is 0.622 bits per heavy atom. The summed E-state index contributed by atoms with van der Waals surface area (Å²) in [5, 5.41) is 10.5. The van der Waals surface area contributed by atoms with E-state index in [0.717, 1.165) is 116 Å². The first-order valence-corrected chi connectivity index (χ1v) is 16.7. The largest absolute Gasteiger partial charge is 0.342 e. The van der Waals surface area contributed by atoms with Gasteiger partial charge < -0.3 is 0 Å². The number of hydrogen-bond donors (Lipinski definition) is 3. The molecule has 37 heavy (non-hydrogen) atoms. The predicted molar refractivity (Wildman–Crippen MR) is 160 cm³/mol. The molecule has 3 N–H and O–H groups in total. The second-order valence-corrected chi connectivity index (χ2v) is 13.1. The summed E-state index contributed by atoms with van der Waals surface area (Å²) in [4.78, 5) is 27.3. The van der Waals surface area contributed by atoms with Gasteiger partial charge in [0.15, 0.2) is 0 Å². The Hall–Kier alpha value is -1.28. The third kappa shape index (κ3) is 10.8. The van der Waals surface area contributed by atoms with Crippen LogP contribution in [0.5, 0.6) is 0 Å². The minimum Gasteiger partial charge on any atom is -0.270 e. The normalized spacial score (nSPS) is 12.2. The second-order valence-electron chi connectivity index (χ2n) is 10.0. The van der Waals surface area contributed by atoms with E-state index in [1.165, 1.54) is 0 Å². The highest BCUT2D eigenvalue weighted by Gasteiger charge is 2.57. The molecular formula is C27H57N7O2P+. The lowest BCUT2D eigenvalue weighted by Gasteiger charge is -2.47. The van der Waals surface area contributed by atoms with Crippen LogP contribution in [-0.2, 0) is 0 Å². The van der Waals surface area contributed by atoms with E-state index in [4.69, 9.17) is 0 Å². The molecule has 0 aliphatic rings. The van der Waals surface area contributed by atoms with Gasteiger partial charge in [-0.25, -0.2) is 9.89 Å². The molecule has 1 aromatic rings. The summed E-state index contributed by atoms with van der Waals surface area (Å²) in [6.07, 6.45) is 13.3. The van der Waals surface area contributed by atoms with Crippen LogP contribution in [0.2, 0.25) is 0 Å². The Morgan fingerprint density at radius 3 is 1.22 bits per heavy atom. The molecule has 0 unspecified atom stereocenters. The van der Waals surface area contributed by atoms with Gasteiger partial charge in [-0.2, -0.15) is 5.09 Å². The number of nitrogens with zero attached hydrogens (tertiary/aromatic N) is 4. The number of hydrogen-bond acceptors (Lipinski definition) is 7. The van der Waals surface area contributed by atoms with E-state index in [9.17, 15) is 9.59 Å². The van der Waals surface area contributed by atoms with Crippen molar-refractivity contribution < 1.29 is 0 Å². The molecule has 9 nitrogen and oxygen atoms in total. The van der Waals surface area contributed by atoms with Crippen molar-refractivity contribution in [3.05, 3.63) is 20.8 Å². The van der Waals surface area contributed by atoms with Gasteiger partial charge in [0.2, 0.25) is 5.82 Å². The highest BCUT2D eigenvalue weighted by Crippen LogP contribution is 2.67. The zero-order valence-electron chi connectivity index (χ0n) is 24.8. The molecule has 0 fully saturated rings. The van der Waals surface area contributed by atoms with Crippen molar-refractivity contribution in [2.24, 2.45) is 0 Å². The molecule has 1 rings (SSSR count). The average molecular weight is 543 g/mol. The van der Waals surface area contributed by atoms with Gasteiger partial charge in [-0.3, -0.25) is 9.78 Å². The summed E-state index contributed by atoms with van der Waals surface area (Å²) < 4.78 is 8.05. The van der Waals surface area contributed by atoms with Crippen molar-refractivity contribution in [1.29, 1.82) is 0 Å². The van der Waals surface area contributed by atoms with Crippen LogP contribution in [0.25, 0.3) is 0 Å². The Kier molecular flexibility index (Phi) is 18.0. The fourth-order valence-electron chi connectivity index (χ4n) is 4.53. The molecule has 0 aliphatic heterocycles. The van der Waals surface area contributed by atoms with Gasteiger partial charge in [0.1, 0.15) is 0 Å². The smallest absolute Gasteiger partial charge is 0.270 e. The monoisotopic (exact) mass is 542 g/mol. The standard InChI is InChI=1S/C27H56N7O2P/c1-7-13-19-32(20-14-8-2)37(33(21-15-9-3)22-16-10-4,34(23-17-11-5)24-18-12-6)31-25-26(35)28-27(36)30-29-25/h7-24H2,1-6H3,(H2-,28,29,30,31,35,36)/p+1. The first kappa shape index (κ1) is 33.7. The van der Waals surface area contributed by atoms with Crippen LogP contribution in [-0.4, -0.2) is 68.5 Å². The van der Waals surface area contributed by atoms with Crippen molar-refractivity contribution in [3.8, 4) is 0 Å². The summed E-state index contributed by atoms with van der Waals surface area (Å²) >= 11 is 0. The highest BCUT2D eigenvalue weighted by atomic mass is 31.2. The molecular weight excluding hydrogens is 485 g/mol. The molecule has 0 saturated heterocycles. The van der Waals surface area contributed by atoms with Crippen LogP contribution in [0, 0.1) is 0 Å². The maximum Gasteiger partial charge on any atom is 0.342 e. The van der Waals surface area contributed by atoms with Gasteiger partial charge in [0.25, 0.3) is 5.56 Å². The van der Waals surface area contributed by atoms with Gasteiger partial charge in [0, 0.05) is 39.3 Å².